The van der Waals surface area contributed by atoms with Crippen molar-refractivity contribution in [3.8, 4) is 0 Å². The topological polar surface area (TPSA) is 20.3 Å². The summed E-state index contributed by atoms with van der Waals surface area (Å²) in [4.78, 5) is 13.0. The first-order valence-electron chi connectivity index (χ1n) is 3.69. The molecule has 1 fully saturated rings. The van der Waals surface area contributed by atoms with Crippen molar-refractivity contribution >= 4 is 29.1 Å². The van der Waals surface area contributed by atoms with Gasteiger partial charge in [0.15, 0.2) is 4.33 Å². The Morgan fingerprint density at radius 1 is 1.36 bits per heavy atom. The van der Waals surface area contributed by atoms with E-state index in [9.17, 15) is 4.79 Å². The zero-order valence-electron chi connectivity index (χ0n) is 6.44. The molecule has 0 saturated carbocycles. The molecule has 0 aromatic carbocycles. The Kier molecular flexibility index (Phi) is 2.66. The van der Waals surface area contributed by atoms with Gasteiger partial charge < -0.3 is 4.90 Å². The summed E-state index contributed by atoms with van der Waals surface area (Å²) in [5.41, 5.74) is 0. The molecule has 1 amide bonds. The quantitative estimate of drug-likeness (QED) is 0.585. The van der Waals surface area contributed by atoms with Gasteiger partial charge in [0.1, 0.15) is 0 Å². The van der Waals surface area contributed by atoms with Crippen LogP contribution in [0.1, 0.15) is 19.8 Å². The number of rotatable bonds is 1. The third-order valence-electron chi connectivity index (χ3n) is 1.77. The lowest BCUT2D eigenvalue weighted by Gasteiger charge is -2.21. The molecule has 4 heteroatoms. The van der Waals surface area contributed by atoms with Crippen molar-refractivity contribution in [3.05, 3.63) is 0 Å². The lowest BCUT2D eigenvalue weighted by atomic mass is 10.4. The summed E-state index contributed by atoms with van der Waals surface area (Å²) >= 11 is 11.3. The highest BCUT2D eigenvalue weighted by atomic mass is 35.5. The molecule has 0 spiro atoms. The number of carbonyl (C=O) groups excluding carboxylic acids is 1. The van der Waals surface area contributed by atoms with Crippen molar-refractivity contribution in [2.24, 2.45) is 0 Å². The van der Waals surface area contributed by atoms with Gasteiger partial charge in [-0.2, -0.15) is 0 Å². The second-order valence-electron chi connectivity index (χ2n) is 2.89. The maximum atomic E-state index is 11.3. The third kappa shape index (κ3) is 2.24. The maximum Gasteiger partial charge on any atom is 0.258 e. The Balaban J connectivity index is 2.53. The summed E-state index contributed by atoms with van der Waals surface area (Å²) in [6.45, 7) is 3.11. The van der Waals surface area contributed by atoms with Crippen LogP contribution in [0.3, 0.4) is 0 Å². The highest BCUT2D eigenvalue weighted by Crippen LogP contribution is 2.24. The molecule has 0 unspecified atom stereocenters. The lowest BCUT2D eigenvalue weighted by molar-refractivity contribution is -0.130. The van der Waals surface area contributed by atoms with E-state index in [0.717, 1.165) is 25.9 Å². The second kappa shape index (κ2) is 3.20. The van der Waals surface area contributed by atoms with Crippen molar-refractivity contribution in [2.75, 3.05) is 13.1 Å². The third-order valence-corrected chi connectivity index (χ3v) is 2.09. The van der Waals surface area contributed by atoms with Crippen molar-refractivity contribution in [1.82, 2.24) is 4.90 Å². The predicted octanol–water partition coefficient (Wildman–Crippen LogP) is 1.80. The summed E-state index contributed by atoms with van der Waals surface area (Å²) in [7, 11) is 0. The normalized spacial score (nSPS) is 19.0. The first-order chi connectivity index (χ1) is 5.02. The summed E-state index contributed by atoms with van der Waals surface area (Å²) in [5, 5.41) is 0. The largest absolute Gasteiger partial charge is 0.340 e. The van der Waals surface area contributed by atoms with Crippen LogP contribution in [0.15, 0.2) is 0 Å². The molecule has 0 aliphatic carbocycles. The van der Waals surface area contributed by atoms with E-state index >= 15 is 0 Å². The van der Waals surface area contributed by atoms with Crippen LogP contribution in [0.25, 0.3) is 0 Å². The molecule has 1 heterocycles. The summed E-state index contributed by atoms with van der Waals surface area (Å²) in [6.07, 6.45) is 2.13. The molecule has 2 nitrogen and oxygen atoms in total. The number of hydrogen-bond acceptors (Lipinski definition) is 1. The van der Waals surface area contributed by atoms with Crippen molar-refractivity contribution in [1.29, 1.82) is 0 Å². The molecular formula is C7H11Cl2NO. The van der Waals surface area contributed by atoms with Crippen molar-refractivity contribution in [3.63, 3.8) is 0 Å². The van der Waals surface area contributed by atoms with Gasteiger partial charge in [-0.05, 0) is 19.8 Å². The number of amides is 1. The highest BCUT2D eigenvalue weighted by molar-refractivity contribution is 6.57. The molecule has 0 aromatic rings. The number of carbonyl (C=O) groups is 1. The van der Waals surface area contributed by atoms with Crippen LogP contribution in [0.4, 0.5) is 0 Å². The van der Waals surface area contributed by atoms with Crippen LogP contribution in [-0.2, 0) is 4.79 Å². The van der Waals surface area contributed by atoms with E-state index in [-0.39, 0.29) is 5.91 Å². The van der Waals surface area contributed by atoms with E-state index in [1.807, 2.05) is 0 Å². The van der Waals surface area contributed by atoms with Gasteiger partial charge in [-0.3, -0.25) is 4.79 Å². The molecule has 1 saturated heterocycles. The Morgan fingerprint density at radius 3 is 2.18 bits per heavy atom. The molecule has 1 aliphatic rings. The van der Waals surface area contributed by atoms with Gasteiger partial charge in [0, 0.05) is 13.1 Å². The minimum Gasteiger partial charge on any atom is -0.340 e. The Morgan fingerprint density at radius 2 is 1.82 bits per heavy atom. The fourth-order valence-corrected chi connectivity index (χ4v) is 1.44. The second-order valence-corrected chi connectivity index (χ2v) is 4.59. The first-order valence-corrected chi connectivity index (χ1v) is 4.44. The Labute approximate surface area is 76.5 Å². The molecule has 1 aliphatic heterocycles. The van der Waals surface area contributed by atoms with Crippen LogP contribution >= 0.6 is 23.2 Å². The van der Waals surface area contributed by atoms with E-state index in [0.29, 0.717) is 0 Å². The molecule has 1 rings (SSSR count). The average Bonchev–Trinajstić information content (AvgIpc) is 2.34. The maximum absolute atomic E-state index is 11.3. The van der Waals surface area contributed by atoms with Gasteiger partial charge >= 0.3 is 0 Å². The number of hydrogen-bond donors (Lipinski definition) is 0. The van der Waals surface area contributed by atoms with Crippen LogP contribution in [0.2, 0.25) is 0 Å². The number of halogens is 2. The predicted molar refractivity (Wildman–Crippen MR) is 45.9 cm³/mol. The van der Waals surface area contributed by atoms with Gasteiger partial charge in [-0.1, -0.05) is 23.2 Å². The molecule has 0 bridgehead atoms. The number of likely N-dealkylation sites (tertiary alicyclic amines) is 1. The zero-order valence-corrected chi connectivity index (χ0v) is 7.95. The molecule has 0 radical (unpaired) electrons. The fourth-order valence-electron chi connectivity index (χ4n) is 1.20. The summed E-state index contributed by atoms with van der Waals surface area (Å²) < 4.78 is -1.25. The molecule has 11 heavy (non-hydrogen) atoms. The Bertz CT molecular complexity index is 158. The van der Waals surface area contributed by atoms with Crippen molar-refractivity contribution < 1.29 is 4.79 Å². The van der Waals surface area contributed by atoms with E-state index in [1.165, 1.54) is 6.92 Å². The number of nitrogens with zero attached hydrogens (tertiary/aromatic N) is 1. The molecule has 0 N–H and O–H groups in total. The standard InChI is InChI=1S/C7H11Cl2NO/c1-7(8,9)6(11)10-4-2-3-5-10/h2-5H2,1H3. The molecule has 0 atom stereocenters. The van der Waals surface area contributed by atoms with Crippen LogP contribution in [0, 0.1) is 0 Å². The number of alkyl halides is 2. The van der Waals surface area contributed by atoms with Gasteiger partial charge in [0.05, 0.1) is 0 Å². The van der Waals surface area contributed by atoms with E-state index in [1.54, 1.807) is 4.90 Å². The molecular weight excluding hydrogens is 185 g/mol. The summed E-state index contributed by atoms with van der Waals surface area (Å²) in [6, 6.07) is 0. The lowest BCUT2D eigenvalue weighted by Crippen LogP contribution is -2.38. The van der Waals surface area contributed by atoms with Gasteiger partial charge in [-0.15, -0.1) is 0 Å². The van der Waals surface area contributed by atoms with Crippen molar-refractivity contribution in [2.45, 2.75) is 24.1 Å². The van der Waals surface area contributed by atoms with E-state index < -0.39 is 4.33 Å². The summed E-state index contributed by atoms with van der Waals surface area (Å²) in [5.74, 6) is -0.168. The monoisotopic (exact) mass is 195 g/mol. The zero-order chi connectivity index (χ0) is 8.48. The van der Waals surface area contributed by atoms with Gasteiger partial charge in [0.2, 0.25) is 0 Å². The smallest absolute Gasteiger partial charge is 0.258 e. The first kappa shape index (κ1) is 9.14. The minimum absolute atomic E-state index is 0.168. The molecule has 64 valence electrons. The van der Waals surface area contributed by atoms with E-state index in [4.69, 9.17) is 23.2 Å². The van der Waals surface area contributed by atoms with Crippen LogP contribution in [-0.4, -0.2) is 28.2 Å². The fraction of sp³-hybridized carbons (Fsp3) is 0.857. The minimum atomic E-state index is -1.25. The van der Waals surface area contributed by atoms with E-state index in [2.05, 4.69) is 0 Å². The van der Waals surface area contributed by atoms with Crippen LogP contribution in [0.5, 0.6) is 0 Å². The SMILES string of the molecule is CC(Cl)(Cl)C(=O)N1CCCC1. The Hall–Kier alpha value is 0.0500. The average molecular weight is 196 g/mol. The van der Waals surface area contributed by atoms with Gasteiger partial charge in [0.25, 0.3) is 5.91 Å². The van der Waals surface area contributed by atoms with Crippen LogP contribution < -0.4 is 0 Å². The van der Waals surface area contributed by atoms with Gasteiger partial charge in [-0.25, -0.2) is 0 Å². The highest BCUT2D eigenvalue weighted by Gasteiger charge is 2.33. The molecule has 0 aromatic heterocycles.